The minimum Gasteiger partial charge on any atom is -0.384 e. The van der Waals surface area contributed by atoms with Gasteiger partial charge in [-0.15, -0.1) is 10.2 Å². The van der Waals surface area contributed by atoms with E-state index in [1.54, 1.807) is 10.6 Å². The molecule has 0 aliphatic heterocycles. The molecule has 7 heteroatoms. The van der Waals surface area contributed by atoms with E-state index in [0.29, 0.717) is 5.82 Å². The Hall–Kier alpha value is -2.02. The molecule has 98 valence electrons. The van der Waals surface area contributed by atoms with Gasteiger partial charge < -0.3 is 5.73 Å². The Morgan fingerprint density at radius 1 is 1.21 bits per heavy atom. The van der Waals surface area contributed by atoms with Crippen molar-refractivity contribution in [1.29, 1.82) is 0 Å². The summed E-state index contributed by atoms with van der Waals surface area (Å²) in [6, 6.07) is 5.51. The molecule has 0 saturated heterocycles. The first-order valence-corrected chi connectivity index (χ1v) is 6.72. The van der Waals surface area contributed by atoms with Crippen molar-refractivity contribution in [1.82, 2.24) is 24.8 Å². The molecular formula is C12H14N6S. The van der Waals surface area contributed by atoms with Gasteiger partial charge in [0.25, 0.3) is 0 Å². The second kappa shape index (κ2) is 3.99. The minimum absolute atomic E-state index is 0.103. The standard InChI is InChI=1S/C12H14N6S/c1-12(2,3)10-15-16-11-18(10)17-9(19-11)7-5-4-6-8(13)14-7/h4-6H,1-3H3,(H2,13,14). The van der Waals surface area contributed by atoms with Crippen molar-refractivity contribution >= 4 is 22.1 Å². The molecule has 0 bridgehead atoms. The van der Waals surface area contributed by atoms with E-state index in [1.165, 1.54) is 11.3 Å². The topological polar surface area (TPSA) is 82.0 Å². The highest BCUT2D eigenvalue weighted by atomic mass is 32.1. The van der Waals surface area contributed by atoms with Crippen LogP contribution >= 0.6 is 11.3 Å². The summed E-state index contributed by atoms with van der Waals surface area (Å²) in [6.45, 7) is 6.25. The first-order valence-electron chi connectivity index (χ1n) is 5.91. The first-order chi connectivity index (χ1) is 8.95. The van der Waals surface area contributed by atoms with Crippen LogP contribution in [0.4, 0.5) is 5.82 Å². The fourth-order valence-corrected chi connectivity index (χ4v) is 2.57. The Balaban J connectivity index is 2.15. The van der Waals surface area contributed by atoms with Crippen LogP contribution in [0.25, 0.3) is 15.7 Å². The second-order valence-electron chi connectivity index (χ2n) is 5.32. The van der Waals surface area contributed by atoms with E-state index in [0.717, 1.165) is 21.5 Å². The molecule has 0 atom stereocenters. The molecule has 3 rings (SSSR count). The second-order valence-corrected chi connectivity index (χ2v) is 6.28. The average molecular weight is 274 g/mol. The predicted octanol–water partition coefficient (Wildman–Crippen LogP) is 2.13. The zero-order valence-electron chi connectivity index (χ0n) is 11.0. The minimum atomic E-state index is -0.103. The molecule has 0 fully saturated rings. The normalized spacial score (nSPS) is 12.2. The molecule has 19 heavy (non-hydrogen) atoms. The highest BCUT2D eigenvalue weighted by Gasteiger charge is 2.23. The maximum Gasteiger partial charge on any atom is 0.235 e. The third kappa shape index (κ3) is 2.06. The largest absolute Gasteiger partial charge is 0.384 e. The number of nitrogens with two attached hydrogens (primary N) is 1. The highest BCUT2D eigenvalue weighted by molar-refractivity contribution is 7.19. The summed E-state index contributed by atoms with van der Waals surface area (Å²) >= 11 is 1.46. The Morgan fingerprint density at radius 3 is 2.68 bits per heavy atom. The van der Waals surface area contributed by atoms with Crippen LogP contribution in [-0.2, 0) is 5.41 Å². The fraction of sp³-hybridized carbons (Fsp3) is 0.333. The number of nitrogen functional groups attached to an aromatic ring is 1. The Bertz CT molecular complexity index is 736. The monoisotopic (exact) mass is 274 g/mol. The lowest BCUT2D eigenvalue weighted by molar-refractivity contribution is 0.528. The van der Waals surface area contributed by atoms with E-state index in [4.69, 9.17) is 5.73 Å². The van der Waals surface area contributed by atoms with E-state index in [-0.39, 0.29) is 5.41 Å². The Morgan fingerprint density at radius 2 is 2.00 bits per heavy atom. The van der Waals surface area contributed by atoms with Crippen LogP contribution in [-0.4, -0.2) is 24.8 Å². The van der Waals surface area contributed by atoms with Crippen molar-refractivity contribution in [3.63, 3.8) is 0 Å². The lowest BCUT2D eigenvalue weighted by Crippen LogP contribution is -2.16. The van der Waals surface area contributed by atoms with Crippen molar-refractivity contribution < 1.29 is 0 Å². The maximum atomic E-state index is 5.70. The van der Waals surface area contributed by atoms with Gasteiger partial charge in [0.2, 0.25) is 4.96 Å². The number of nitrogens with zero attached hydrogens (tertiary/aromatic N) is 5. The molecule has 3 heterocycles. The van der Waals surface area contributed by atoms with Gasteiger partial charge in [-0.25, -0.2) is 4.98 Å². The van der Waals surface area contributed by atoms with Gasteiger partial charge in [0, 0.05) is 5.41 Å². The van der Waals surface area contributed by atoms with E-state index < -0.39 is 0 Å². The fourth-order valence-electron chi connectivity index (χ4n) is 1.76. The molecule has 3 aromatic heterocycles. The van der Waals surface area contributed by atoms with Crippen LogP contribution in [0.5, 0.6) is 0 Å². The number of rotatable bonds is 1. The highest BCUT2D eigenvalue weighted by Crippen LogP contribution is 2.27. The SMILES string of the molecule is CC(C)(C)c1nnc2sc(-c3cccc(N)n3)nn12. The van der Waals surface area contributed by atoms with Crippen LogP contribution in [0.1, 0.15) is 26.6 Å². The van der Waals surface area contributed by atoms with Crippen molar-refractivity contribution in [3.05, 3.63) is 24.0 Å². The molecule has 0 aliphatic rings. The number of hydrogen-bond donors (Lipinski definition) is 1. The van der Waals surface area contributed by atoms with Gasteiger partial charge in [-0.05, 0) is 12.1 Å². The van der Waals surface area contributed by atoms with E-state index in [9.17, 15) is 0 Å². The number of fused-ring (bicyclic) bond motifs is 1. The first kappa shape index (κ1) is 12.0. The quantitative estimate of drug-likeness (QED) is 0.735. The zero-order valence-corrected chi connectivity index (χ0v) is 11.8. The van der Waals surface area contributed by atoms with Gasteiger partial charge in [0.15, 0.2) is 10.8 Å². The van der Waals surface area contributed by atoms with Crippen LogP contribution in [0.15, 0.2) is 18.2 Å². The average Bonchev–Trinajstić information content (AvgIpc) is 2.85. The molecule has 6 nitrogen and oxygen atoms in total. The molecule has 2 N–H and O–H groups in total. The summed E-state index contributed by atoms with van der Waals surface area (Å²) in [5.74, 6) is 1.33. The maximum absolute atomic E-state index is 5.70. The molecular weight excluding hydrogens is 260 g/mol. The van der Waals surface area contributed by atoms with Crippen molar-refractivity contribution in [2.75, 3.05) is 5.73 Å². The van der Waals surface area contributed by atoms with Crippen LogP contribution < -0.4 is 5.73 Å². The molecule has 0 radical (unpaired) electrons. The molecule has 0 unspecified atom stereocenters. The number of anilines is 1. The van der Waals surface area contributed by atoms with Crippen LogP contribution in [0.2, 0.25) is 0 Å². The van der Waals surface area contributed by atoms with Crippen LogP contribution in [0, 0.1) is 0 Å². The van der Waals surface area contributed by atoms with E-state index in [1.807, 2.05) is 12.1 Å². The third-order valence-electron chi connectivity index (χ3n) is 2.65. The molecule has 0 saturated carbocycles. The van der Waals surface area contributed by atoms with Gasteiger partial charge in [-0.2, -0.15) is 9.61 Å². The molecule has 3 aromatic rings. The summed E-state index contributed by atoms with van der Waals surface area (Å²) in [6.07, 6.45) is 0. The van der Waals surface area contributed by atoms with E-state index in [2.05, 4.69) is 41.1 Å². The molecule has 0 aliphatic carbocycles. The molecule has 0 aromatic carbocycles. The van der Waals surface area contributed by atoms with Gasteiger partial charge >= 0.3 is 0 Å². The number of hydrogen-bond acceptors (Lipinski definition) is 6. The summed E-state index contributed by atoms with van der Waals surface area (Å²) in [5.41, 5.74) is 6.35. The summed E-state index contributed by atoms with van der Waals surface area (Å²) in [5, 5.41) is 13.7. The molecule has 0 spiro atoms. The Labute approximate surface area is 114 Å². The van der Waals surface area contributed by atoms with Gasteiger partial charge in [0.05, 0.1) is 0 Å². The number of pyridine rings is 1. The molecule has 0 amide bonds. The van der Waals surface area contributed by atoms with Crippen LogP contribution in [0.3, 0.4) is 0 Å². The Kier molecular flexibility index (Phi) is 2.53. The van der Waals surface area contributed by atoms with Gasteiger partial charge in [-0.1, -0.05) is 38.2 Å². The number of aromatic nitrogens is 5. The lowest BCUT2D eigenvalue weighted by atomic mass is 9.96. The van der Waals surface area contributed by atoms with E-state index >= 15 is 0 Å². The summed E-state index contributed by atoms with van der Waals surface area (Å²) in [7, 11) is 0. The summed E-state index contributed by atoms with van der Waals surface area (Å²) < 4.78 is 1.78. The van der Waals surface area contributed by atoms with Gasteiger partial charge in [-0.3, -0.25) is 0 Å². The smallest absolute Gasteiger partial charge is 0.235 e. The van der Waals surface area contributed by atoms with Crippen molar-refractivity contribution in [3.8, 4) is 10.7 Å². The zero-order chi connectivity index (χ0) is 13.6. The summed E-state index contributed by atoms with van der Waals surface area (Å²) in [4.78, 5) is 5.04. The van der Waals surface area contributed by atoms with Crippen molar-refractivity contribution in [2.24, 2.45) is 0 Å². The third-order valence-corrected chi connectivity index (χ3v) is 3.57. The van der Waals surface area contributed by atoms with Crippen molar-refractivity contribution in [2.45, 2.75) is 26.2 Å². The van der Waals surface area contributed by atoms with Gasteiger partial charge in [0.1, 0.15) is 11.5 Å². The lowest BCUT2D eigenvalue weighted by Gasteiger charge is -2.13. The predicted molar refractivity (Wildman–Crippen MR) is 75.0 cm³/mol.